The van der Waals surface area contributed by atoms with Crippen LogP contribution in [-0.4, -0.2) is 25.3 Å². The Labute approximate surface area is 152 Å². The Morgan fingerprint density at radius 1 is 0.885 bits per heavy atom. The van der Waals surface area contributed by atoms with Crippen molar-refractivity contribution in [1.29, 1.82) is 0 Å². The molecule has 0 saturated heterocycles. The van der Waals surface area contributed by atoms with Gasteiger partial charge < -0.3 is 18.9 Å². The molecular formula is C20H22O6. The molecule has 0 aliphatic carbocycles. The zero-order valence-corrected chi connectivity index (χ0v) is 14.9. The molecule has 0 aliphatic rings. The van der Waals surface area contributed by atoms with Gasteiger partial charge in [-0.1, -0.05) is 25.5 Å². The first-order chi connectivity index (χ1) is 12.6. The Kier molecular flexibility index (Phi) is 7.49. The van der Waals surface area contributed by atoms with Crippen LogP contribution in [0.25, 0.3) is 0 Å². The molecule has 26 heavy (non-hydrogen) atoms. The molecule has 0 saturated carbocycles. The number of para-hydroxylation sites is 1. The first-order valence-corrected chi connectivity index (χ1v) is 8.52. The summed E-state index contributed by atoms with van der Waals surface area (Å²) in [6.07, 6.45) is 0.800. The standard InChI is InChI=1S/C20H22O6/c1-3-5-14-24-20(22)26-18-9-7-6-8-17(18)19(21)25-16-12-10-15(11-13-16)23-4-2/h6-13H,3-5,14H2,1-2H3. The summed E-state index contributed by atoms with van der Waals surface area (Å²) in [5.74, 6) is 0.501. The van der Waals surface area contributed by atoms with Gasteiger partial charge in [0.25, 0.3) is 0 Å². The molecule has 0 N–H and O–H groups in total. The monoisotopic (exact) mass is 358 g/mol. The fourth-order valence-corrected chi connectivity index (χ4v) is 2.08. The summed E-state index contributed by atoms with van der Waals surface area (Å²) in [5.41, 5.74) is 0.133. The summed E-state index contributed by atoms with van der Waals surface area (Å²) in [5, 5.41) is 0. The van der Waals surface area contributed by atoms with Crippen molar-refractivity contribution < 1.29 is 28.5 Å². The summed E-state index contributed by atoms with van der Waals surface area (Å²) in [7, 11) is 0. The maximum atomic E-state index is 12.4. The van der Waals surface area contributed by atoms with Crippen molar-refractivity contribution in [3.8, 4) is 17.2 Å². The van der Waals surface area contributed by atoms with Crippen LogP contribution in [0.5, 0.6) is 17.2 Å². The first kappa shape index (κ1) is 19.3. The van der Waals surface area contributed by atoms with Crippen LogP contribution in [0.3, 0.4) is 0 Å². The van der Waals surface area contributed by atoms with Crippen LogP contribution >= 0.6 is 0 Å². The molecule has 2 aromatic rings. The van der Waals surface area contributed by atoms with E-state index in [-0.39, 0.29) is 17.9 Å². The van der Waals surface area contributed by atoms with E-state index >= 15 is 0 Å². The van der Waals surface area contributed by atoms with Crippen molar-refractivity contribution in [3.05, 3.63) is 54.1 Å². The average Bonchev–Trinajstić information content (AvgIpc) is 2.64. The highest BCUT2D eigenvalue weighted by Crippen LogP contribution is 2.23. The van der Waals surface area contributed by atoms with Gasteiger partial charge in [0.05, 0.1) is 13.2 Å². The van der Waals surface area contributed by atoms with Crippen LogP contribution in [0.2, 0.25) is 0 Å². The zero-order chi connectivity index (χ0) is 18.8. The van der Waals surface area contributed by atoms with Gasteiger partial charge in [0.1, 0.15) is 22.8 Å². The van der Waals surface area contributed by atoms with Crippen molar-refractivity contribution in [2.45, 2.75) is 26.7 Å². The highest BCUT2D eigenvalue weighted by Gasteiger charge is 2.17. The third-order valence-electron chi connectivity index (χ3n) is 3.36. The Balaban J connectivity index is 2.03. The zero-order valence-electron chi connectivity index (χ0n) is 14.9. The van der Waals surface area contributed by atoms with E-state index in [1.54, 1.807) is 36.4 Å². The molecule has 0 aromatic heterocycles. The Bertz CT molecular complexity index is 723. The fourth-order valence-electron chi connectivity index (χ4n) is 2.08. The summed E-state index contributed by atoms with van der Waals surface area (Å²) >= 11 is 0. The summed E-state index contributed by atoms with van der Waals surface area (Å²) < 4.78 is 20.7. The fraction of sp³-hybridized carbons (Fsp3) is 0.300. The second-order valence-corrected chi connectivity index (χ2v) is 5.34. The van der Waals surface area contributed by atoms with Gasteiger partial charge in [0.2, 0.25) is 0 Å². The average molecular weight is 358 g/mol. The number of rotatable bonds is 8. The molecule has 0 amide bonds. The van der Waals surface area contributed by atoms with Crippen LogP contribution in [-0.2, 0) is 4.74 Å². The number of benzene rings is 2. The summed E-state index contributed by atoms with van der Waals surface area (Å²) in [4.78, 5) is 24.1. The maximum absolute atomic E-state index is 12.4. The minimum absolute atomic E-state index is 0.0879. The van der Waals surface area contributed by atoms with E-state index in [1.807, 2.05) is 13.8 Å². The van der Waals surface area contributed by atoms with Crippen molar-refractivity contribution in [3.63, 3.8) is 0 Å². The second-order valence-electron chi connectivity index (χ2n) is 5.34. The van der Waals surface area contributed by atoms with Gasteiger partial charge in [0, 0.05) is 0 Å². The van der Waals surface area contributed by atoms with Crippen molar-refractivity contribution in [2.75, 3.05) is 13.2 Å². The lowest BCUT2D eigenvalue weighted by molar-refractivity contribution is 0.0726. The van der Waals surface area contributed by atoms with E-state index < -0.39 is 12.1 Å². The predicted octanol–water partition coefficient (Wildman–Crippen LogP) is 4.62. The quantitative estimate of drug-likeness (QED) is 0.297. The molecular weight excluding hydrogens is 336 g/mol. The number of carbonyl (C=O) groups is 2. The molecule has 2 aromatic carbocycles. The second kappa shape index (κ2) is 10.1. The number of carbonyl (C=O) groups excluding carboxylic acids is 2. The lowest BCUT2D eigenvalue weighted by Gasteiger charge is -2.10. The number of unbranched alkanes of at least 4 members (excludes halogenated alkanes) is 1. The normalized spacial score (nSPS) is 10.1. The molecule has 2 rings (SSSR count). The lowest BCUT2D eigenvalue weighted by atomic mass is 10.2. The van der Waals surface area contributed by atoms with E-state index in [0.717, 1.165) is 12.8 Å². The molecule has 0 heterocycles. The van der Waals surface area contributed by atoms with Crippen LogP contribution < -0.4 is 14.2 Å². The van der Waals surface area contributed by atoms with Gasteiger partial charge in [-0.2, -0.15) is 0 Å². The third kappa shape index (κ3) is 5.81. The van der Waals surface area contributed by atoms with Crippen molar-refractivity contribution in [2.24, 2.45) is 0 Å². The van der Waals surface area contributed by atoms with Crippen LogP contribution in [0.4, 0.5) is 4.79 Å². The van der Waals surface area contributed by atoms with E-state index in [0.29, 0.717) is 18.1 Å². The maximum Gasteiger partial charge on any atom is 0.513 e. The van der Waals surface area contributed by atoms with Crippen LogP contribution in [0.15, 0.2) is 48.5 Å². The third-order valence-corrected chi connectivity index (χ3v) is 3.36. The van der Waals surface area contributed by atoms with Gasteiger partial charge in [-0.05, 0) is 49.7 Å². The van der Waals surface area contributed by atoms with E-state index in [2.05, 4.69) is 0 Å². The Morgan fingerprint density at radius 3 is 2.27 bits per heavy atom. The van der Waals surface area contributed by atoms with Gasteiger partial charge >= 0.3 is 12.1 Å². The first-order valence-electron chi connectivity index (χ1n) is 8.52. The van der Waals surface area contributed by atoms with Gasteiger partial charge in [-0.3, -0.25) is 0 Å². The van der Waals surface area contributed by atoms with Gasteiger partial charge in [0.15, 0.2) is 0 Å². The minimum Gasteiger partial charge on any atom is -0.494 e. The largest absolute Gasteiger partial charge is 0.513 e. The van der Waals surface area contributed by atoms with E-state index in [9.17, 15) is 9.59 Å². The Hall–Kier alpha value is -3.02. The van der Waals surface area contributed by atoms with Crippen LogP contribution in [0, 0.1) is 0 Å². The minimum atomic E-state index is -0.847. The van der Waals surface area contributed by atoms with E-state index in [4.69, 9.17) is 18.9 Å². The predicted molar refractivity (Wildman–Crippen MR) is 95.9 cm³/mol. The van der Waals surface area contributed by atoms with E-state index in [1.165, 1.54) is 12.1 Å². The SMILES string of the molecule is CCCCOC(=O)Oc1ccccc1C(=O)Oc1ccc(OCC)cc1. The topological polar surface area (TPSA) is 71.1 Å². The molecule has 138 valence electrons. The number of esters is 1. The van der Waals surface area contributed by atoms with Gasteiger partial charge in [-0.15, -0.1) is 0 Å². The summed E-state index contributed by atoms with van der Waals surface area (Å²) in [6, 6.07) is 13.0. The molecule has 0 radical (unpaired) electrons. The highest BCUT2D eigenvalue weighted by atomic mass is 16.7. The Morgan fingerprint density at radius 2 is 1.58 bits per heavy atom. The molecule has 6 nitrogen and oxygen atoms in total. The van der Waals surface area contributed by atoms with Crippen LogP contribution in [0.1, 0.15) is 37.0 Å². The number of ether oxygens (including phenoxy) is 4. The molecule has 6 heteroatoms. The molecule has 0 bridgehead atoms. The smallest absolute Gasteiger partial charge is 0.494 e. The highest BCUT2D eigenvalue weighted by molar-refractivity contribution is 5.94. The van der Waals surface area contributed by atoms with Crippen molar-refractivity contribution >= 4 is 12.1 Å². The summed E-state index contributed by atoms with van der Waals surface area (Å²) in [6.45, 7) is 4.70. The van der Waals surface area contributed by atoms with Crippen molar-refractivity contribution in [1.82, 2.24) is 0 Å². The lowest BCUT2D eigenvalue weighted by Crippen LogP contribution is -2.15. The molecule has 0 unspecified atom stereocenters. The molecule has 0 fully saturated rings. The molecule has 0 aliphatic heterocycles. The van der Waals surface area contributed by atoms with Gasteiger partial charge in [-0.25, -0.2) is 9.59 Å². The number of hydrogen-bond donors (Lipinski definition) is 0. The number of hydrogen-bond acceptors (Lipinski definition) is 6. The molecule has 0 atom stereocenters. The molecule has 0 spiro atoms.